The van der Waals surface area contributed by atoms with Gasteiger partial charge in [0.15, 0.2) is 0 Å². The Bertz CT molecular complexity index is 1010. The van der Waals surface area contributed by atoms with Crippen LogP contribution in [0.3, 0.4) is 0 Å². The molecule has 0 radical (unpaired) electrons. The molecule has 1 aromatic carbocycles. The van der Waals surface area contributed by atoms with Gasteiger partial charge < -0.3 is 10.6 Å². The third kappa shape index (κ3) is 5.86. The van der Waals surface area contributed by atoms with Crippen molar-refractivity contribution in [2.75, 3.05) is 13.1 Å². The van der Waals surface area contributed by atoms with Gasteiger partial charge in [0.25, 0.3) is 0 Å². The molecule has 1 aliphatic heterocycles. The fourth-order valence-corrected chi connectivity index (χ4v) is 4.81. The lowest BCUT2D eigenvalue weighted by Gasteiger charge is -2.31. The minimum Gasteiger partial charge on any atom is -0.349 e. The summed E-state index contributed by atoms with van der Waals surface area (Å²) in [5.74, 6) is -1.49. The van der Waals surface area contributed by atoms with Crippen molar-refractivity contribution in [3.63, 3.8) is 0 Å². The third-order valence-electron chi connectivity index (χ3n) is 5.20. The number of benzene rings is 1. The van der Waals surface area contributed by atoms with Gasteiger partial charge in [0, 0.05) is 25.2 Å². The van der Waals surface area contributed by atoms with Gasteiger partial charge in [-0.3, -0.25) is 14.6 Å². The van der Waals surface area contributed by atoms with Gasteiger partial charge in [-0.1, -0.05) is 6.07 Å². The largest absolute Gasteiger partial charge is 0.349 e. The van der Waals surface area contributed by atoms with E-state index in [9.17, 15) is 22.4 Å². The van der Waals surface area contributed by atoms with Crippen molar-refractivity contribution in [1.29, 1.82) is 0 Å². The number of carbonyl (C=O) groups is 2. The van der Waals surface area contributed by atoms with E-state index in [0.29, 0.717) is 18.5 Å². The van der Waals surface area contributed by atoms with Crippen LogP contribution < -0.4 is 10.6 Å². The summed E-state index contributed by atoms with van der Waals surface area (Å²) in [6.07, 6.45) is 2.32. The van der Waals surface area contributed by atoms with Crippen molar-refractivity contribution < 1.29 is 22.4 Å². The van der Waals surface area contributed by atoms with Crippen LogP contribution in [-0.2, 0) is 26.2 Å². The first-order valence-electron chi connectivity index (χ1n) is 10.0. The smallest absolute Gasteiger partial charge is 0.243 e. The van der Waals surface area contributed by atoms with Gasteiger partial charge in [0.1, 0.15) is 11.9 Å². The molecule has 8 nitrogen and oxygen atoms in total. The van der Waals surface area contributed by atoms with Crippen molar-refractivity contribution in [3.05, 3.63) is 60.2 Å². The number of carbonyl (C=O) groups excluding carboxylic acids is 2. The number of halogens is 1. The third-order valence-corrected chi connectivity index (χ3v) is 7.11. The number of sulfonamides is 1. The fraction of sp³-hybridized carbons (Fsp3) is 0.381. The van der Waals surface area contributed by atoms with Crippen molar-refractivity contribution >= 4 is 21.8 Å². The number of pyridine rings is 1. The zero-order valence-electron chi connectivity index (χ0n) is 17.1. The minimum atomic E-state index is -3.73. The summed E-state index contributed by atoms with van der Waals surface area (Å²) in [6.45, 7) is 2.22. The lowest BCUT2D eigenvalue weighted by molar-refractivity contribution is -0.131. The summed E-state index contributed by atoms with van der Waals surface area (Å²) in [4.78, 5) is 28.9. The molecule has 166 valence electrons. The summed E-state index contributed by atoms with van der Waals surface area (Å²) in [5.41, 5.74) is 0.712. The van der Waals surface area contributed by atoms with Gasteiger partial charge in [0.2, 0.25) is 21.8 Å². The van der Waals surface area contributed by atoms with Gasteiger partial charge in [-0.05, 0) is 56.2 Å². The van der Waals surface area contributed by atoms with Gasteiger partial charge in [0.05, 0.1) is 17.1 Å². The molecule has 2 N–H and O–H groups in total. The highest BCUT2D eigenvalue weighted by Gasteiger charge is 2.32. The van der Waals surface area contributed by atoms with E-state index in [1.807, 2.05) is 6.07 Å². The molecule has 1 fully saturated rings. The lowest BCUT2D eigenvalue weighted by atomic mass is 9.97. The second kappa shape index (κ2) is 9.97. The molecule has 2 aromatic rings. The first-order chi connectivity index (χ1) is 14.8. The maximum Gasteiger partial charge on any atom is 0.243 e. The number of hydrogen-bond acceptors (Lipinski definition) is 5. The maximum absolute atomic E-state index is 13.1. The molecule has 1 aromatic heterocycles. The first kappa shape index (κ1) is 22.8. The Labute approximate surface area is 180 Å². The van der Waals surface area contributed by atoms with Crippen molar-refractivity contribution in [2.45, 2.75) is 37.2 Å². The first-order valence-corrected chi connectivity index (χ1v) is 11.4. The molecular weight excluding hydrogens is 423 g/mol. The summed E-state index contributed by atoms with van der Waals surface area (Å²) in [6, 6.07) is 9.34. The number of rotatable bonds is 7. The van der Waals surface area contributed by atoms with E-state index in [2.05, 4.69) is 15.6 Å². The maximum atomic E-state index is 13.1. The van der Waals surface area contributed by atoms with Crippen LogP contribution in [0.5, 0.6) is 0 Å². The monoisotopic (exact) mass is 448 g/mol. The quantitative estimate of drug-likeness (QED) is 0.666. The van der Waals surface area contributed by atoms with E-state index in [0.717, 1.165) is 12.1 Å². The van der Waals surface area contributed by atoms with E-state index in [1.54, 1.807) is 25.3 Å². The number of aromatic nitrogens is 1. The zero-order chi connectivity index (χ0) is 22.4. The number of nitrogens with one attached hydrogen (secondary N) is 2. The molecule has 0 aliphatic carbocycles. The standard InChI is InChI=1S/C21H25FN4O4S/c1-15(20(27)24-14-18-4-2-3-11-23-18)25-21(28)16-9-12-26(13-10-16)31(29,30)19-7-5-17(22)6-8-19/h2-8,11,15-16H,9-10,12-14H2,1H3,(H,24,27)(H,25,28)/t15-/m1/s1. The normalized spacial score (nSPS) is 16.5. The average Bonchev–Trinajstić information content (AvgIpc) is 2.78. The Hall–Kier alpha value is -2.85. The Balaban J connectivity index is 1.48. The summed E-state index contributed by atoms with van der Waals surface area (Å²) in [7, 11) is -3.73. The van der Waals surface area contributed by atoms with Crippen LogP contribution in [0.4, 0.5) is 4.39 Å². The SMILES string of the molecule is C[C@@H](NC(=O)C1CCN(S(=O)(=O)c2ccc(F)cc2)CC1)C(=O)NCc1ccccn1. The number of hydrogen-bond donors (Lipinski definition) is 2. The molecule has 1 atom stereocenters. The van der Waals surface area contributed by atoms with Crippen LogP contribution in [0.2, 0.25) is 0 Å². The number of nitrogens with zero attached hydrogens (tertiary/aromatic N) is 2. The van der Waals surface area contributed by atoms with E-state index in [1.165, 1.54) is 16.4 Å². The highest BCUT2D eigenvalue weighted by atomic mass is 32.2. The molecule has 0 saturated carbocycles. The minimum absolute atomic E-state index is 0.0231. The Kier molecular flexibility index (Phi) is 7.34. The van der Waals surface area contributed by atoms with Crippen LogP contribution in [-0.4, -0.2) is 48.7 Å². The Morgan fingerprint density at radius 2 is 1.84 bits per heavy atom. The predicted molar refractivity (Wildman–Crippen MR) is 112 cm³/mol. The van der Waals surface area contributed by atoms with E-state index < -0.39 is 21.9 Å². The Morgan fingerprint density at radius 3 is 2.45 bits per heavy atom. The lowest BCUT2D eigenvalue weighted by Crippen LogP contribution is -2.49. The van der Waals surface area contributed by atoms with E-state index in [4.69, 9.17) is 0 Å². The van der Waals surface area contributed by atoms with Gasteiger partial charge >= 0.3 is 0 Å². The molecule has 31 heavy (non-hydrogen) atoms. The molecule has 2 amide bonds. The number of piperidine rings is 1. The summed E-state index contributed by atoms with van der Waals surface area (Å²) in [5, 5.41) is 5.42. The zero-order valence-corrected chi connectivity index (χ0v) is 17.9. The van der Waals surface area contributed by atoms with Crippen LogP contribution in [0.15, 0.2) is 53.6 Å². The highest BCUT2D eigenvalue weighted by molar-refractivity contribution is 7.89. The predicted octanol–water partition coefficient (Wildman–Crippen LogP) is 1.44. The molecule has 0 bridgehead atoms. The fourth-order valence-electron chi connectivity index (χ4n) is 3.34. The molecule has 10 heteroatoms. The van der Waals surface area contributed by atoms with Gasteiger partial charge in [-0.25, -0.2) is 12.8 Å². The summed E-state index contributed by atoms with van der Waals surface area (Å²) < 4.78 is 39.7. The van der Waals surface area contributed by atoms with Gasteiger partial charge in [-0.2, -0.15) is 4.31 Å². The molecule has 1 aliphatic rings. The topological polar surface area (TPSA) is 108 Å². The molecule has 1 saturated heterocycles. The van der Waals surface area contributed by atoms with Crippen molar-refractivity contribution in [3.8, 4) is 0 Å². The van der Waals surface area contributed by atoms with Gasteiger partial charge in [-0.15, -0.1) is 0 Å². The average molecular weight is 449 g/mol. The molecular formula is C21H25FN4O4S. The summed E-state index contributed by atoms with van der Waals surface area (Å²) >= 11 is 0. The Morgan fingerprint density at radius 1 is 1.16 bits per heavy atom. The van der Waals surface area contributed by atoms with Crippen LogP contribution >= 0.6 is 0 Å². The second-order valence-corrected chi connectivity index (χ2v) is 9.34. The highest BCUT2D eigenvalue weighted by Crippen LogP contribution is 2.24. The van der Waals surface area contributed by atoms with E-state index >= 15 is 0 Å². The molecule has 3 rings (SSSR count). The van der Waals surface area contributed by atoms with Crippen molar-refractivity contribution in [1.82, 2.24) is 19.9 Å². The van der Waals surface area contributed by atoms with Crippen molar-refractivity contribution in [2.24, 2.45) is 5.92 Å². The van der Waals surface area contributed by atoms with E-state index in [-0.39, 0.29) is 42.3 Å². The van der Waals surface area contributed by atoms with Crippen LogP contribution in [0.25, 0.3) is 0 Å². The number of amides is 2. The molecule has 0 spiro atoms. The molecule has 2 heterocycles. The van der Waals surface area contributed by atoms with Crippen LogP contribution in [0, 0.1) is 11.7 Å². The van der Waals surface area contributed by atoms with Crippen LogP contribution in [0.1, 0.15) is 25.5 Å². The molecule has 0 unspecified atom stereocenters. The second-order valence-electron chi connectivity index (χ2n) is 7.40.